The van der Waals surface area contributed by atoms with Crippen LogP contribution in [0.5, 0.6) is 5.75 Å². The molecule has 1 aromatic carbocycles. The molecule has 1 rings (SSSR count). The SMILES string of the molecule is CCC(C)(C#N)C(=O)NC(C)c1ccc(OC)cc1. The number of carbonyl (C=O) groups is 1. The second-order valence-electron chi connectivity index (χ2n) is 4.77. The second kappa shape index (κ2) is 6.24. The van der Waals surface area contributed by atoms with E-state index in [1.165, 1.54) is 0 Å². The van der Waals surface area contributed by atoms with Gasteiger partial charge in [0.05, 0.1) is 19.2 Å². The van der Waals surface area contributed by atoms with Gasteiger partial charge in [0, 0.05) is 0 Å². The van der Waals surface area contributed by atoms with Crippen LogP contribution in [-0.4, -0.2) is 13.0 Å². The molecule has 0 saturated carbocycles. The van der Waals surface area contributed by atoms with E-state index in [4.69, 9.17) is 10.00 Å². The molecule has 0 radical (unpaired) electrons. The average Bonchev–Trinajstić information content (AvgIpc) is 2.46. The molecular weight excluding hydrogens is 240 g/mol. The van der Waals surface area contributed by atoms with Crippen molar-refractivity contribution in [3.8, 4) is 11.8 Å². The maximum atomic E-state index is 12.1. The van der Waals surface area contributed by atoms with E-state index in [1.54, 1.807) is 14.0 Å². The summed E-state index contributed by atoms with van der Waals surface area (Å²) in [6, 6.07) is 9.43. The van der Waals surface area contributed by atoms with Crippen LogP contribution >= 0.6 is 0 Å². The lowest BCUT2D eigenvalue weighted by Crippen LogP contribution is -2.38. The summed E-state index contributed by atoms with van der Waals surface area (Å²) < 4.78 is 5.09. The Hall–Kier alpha value is -2.02. The smallest absolute Gasteiger partial charge is 0.240 e. The Morgan fingerprint density at radius 3 is 2.47 bits per heavy atom. The zero-order valence-corrected chi connectivity index (χ0v) is 11.9. The molecule has 0 fully saturated rings. The normalized spacial score (nSPS) is 14.9. The molecule has 0 aliphatic carbocycles. The Kier molecular flexibility index (Phi) is 4.94. The van der Waals surface area contributed by atoms with Gasteiger partial charge >= 0.3 is 0 Å². The topological polar surface area (TPSA) is 62.1 Å². The van der Waals surface area contributed by atoms with Crippen LogP contribution in [0.25, 0.3) is 0 Å². The third-order valence-electron chi connectivity index (χ3n) is 3.42. The van der Waals surface area contributed by atoms with Crippen LogP contribution in [0, 0.1) is 16.7 Å². The molecule has 0 aromatic heterocycles. The molecule has 1 amide bonds. The number of hydrogen-bond acceptors (Lipinski definition) is 3. The van der Waals surface area contributed by atoms with E-state index < -0.39 is 5.41 Å². The summed E-state index contributed by atoms with van der Waals surface area (Å²) in [5.74, 6) is 0.540. The van der Waals surface area contributed by atoms with Crippen molar-refractivity contribution in [3.63, 3.8) is 0 Å². The lowest BCUT2D eigenvalue weighted by atomic mass is 9.88. The third kappa shape index (κ3) is 3.47. The quantitative estimate of drug-likeness (QED) is 0.885. The molecule has 0 aliphatic heterocycles. The minimum atomic E-state index is -0.971. The number of rotatable bonds is 5. The summed E-state index contributed by atoms with van der Waals surface area (Å²) in [4.78, 5) is 12.1. The number of amides is 1. The van der Waals surface area contributed by atoms with Crippen LogP contribution in [0.15, 0.2) is 24.3 Å². The van der Waals surface area contributed by atoms with Gasteiger partial charge in [-0.1, -0.05) is 19.1 Å². The van der Waals surface area contributed by atoms with Crippen molar-refractivity contribution in [1.82, 2.24) is 5.32 Å². The van der Waals surface area contributed by atoms with Crippen LogP contribution < -0.4 is 10.1 Å². The highest BCUT2D eigenvalue weighted by Gasteiger charge is 2.32. The van der Waals surface area contributed by atoms with Gasteiger partial charge in [-0.05, 0) is 38.0 Å². The molecule has 2 unspecified atom stereocenters. The molecular formula is C15H20N2O2. The maximum absolute atomic E-state index is 12.1. The van der Waals surface area contributed by atoms with Crippen molar-refractivity contribution in [1.29, 1.82) is 5.26 Å². The average molecular weight is 260 g/mol. The van der Waals surface area contributed by atoms with Gasteiger partial charge in [0.15, 0.2) is 0 Å². The monoisotopic (exact) mass is 260 g/mol. The molecule has 4 nitrogen and oxygen atoms in total. The molecule has 1 aromatic rings. The summed E-state index contributed by atoms with van der Waals surface area (Å²) in [5, 5.41) is 12.0. The summed E-state index contributed by atoms with van der Waals surface area (Å²) in [6.45, 7) is 5.39. The van der Waals surface area contributed by atoms with E-state index in [2.05, 4.69) is 11.4 Å². The molecule has 102 valence electrons. The van der Waals surface area contributed by atoms with Crippen molar-refractivity contribution in [2.75, 3.05) is 7.11 Å². The second-order valence-corrected chi connectivity index (χ2v) is 4.77. The minimum absolute atomic E-state index is 0.141. The van der Waals surface area contributed by atoms with Gasteiger partial charge in [0.2, 0.25) is 5.91 Å². The summed E-state index contributed by atoms with van der Waals surface area (Å²) >= 11 is 0. The number of benzene rings is 1. The number of nitriles is 1. The Labute approximate surface area is 114 Å². The zero-order chi connectivity index (χ0) is 14.5. The van der Waals surface area contributed by atoms with Gasteiger partial charge in [0.1, 0.15) is 11.2 Å². The number of nitrogens with one attached hydrogen (secondary N) is 1. The predicted octanol–water partition coefficient (Wildman–Crippen LogP) is 2.81. The Morgan fingerprint density at radius 1 is 1.47 bits per heavy atom. The fraction of sp³-hybridized carbons (Fsp3) is 0.467. The van der Waals surface area contributed by atoms with Crippen LogP contribution in [0.4, 0.5) is 0 Å². The highest BCUT2D eigenvalue weighted by molar-refractivity contribution is 5.85. The van der Waals surface area contributed by atoms with E-state index in [0.29, 0.717) is 6.42 Å². The first kappa shape index (κ1) is 15.0. The third-order valence-corrected chi connectivity index (χ3v) is 3.42. The molecule has 2 atom stereocenters. The fourth-order valence-electron chi connectivity index (χ4n) is 1.62. The largest absolute Gasteiger partial charge is 0.497 e. The van der Waals surface area contributed by atoms with Gasteiger partial charge in [-0.25, -0.2) is 0 Å². The predicted molar refractivity (Wildman–Crippen MR) is 73.6 cm³/mol. The van der Waals surface area contributed by atoms with Crippen molar-refractivity contribution in [3.05, 3.63) is 29.8 Å². The standard InChI is InChI=1S/C15H20N2O2/c1-5-15(3,10-16)14(18)17-11(2)12-6-8-13(19-4)9-7-12/h6-9,11H,5H2,1-4H3,(H,17,18). The number of carbonyl (C=O) groups excluding carboxylic acids is 1. The molecule has 4 heteroatoms. The molecule has 1 N–H and O–H groups in total. The van der Waals surface area contributed by atoms with E-state index >= 15 is 0 Å². The lowest BCUT2D eigenvalue weighted by Gasteiger charge is -2.22. The molecule has 0 saturated heterocycles. The molecule has 0 spiro atoms. The molecule has 0 heterocycles. The molecule has 0 bridgehead atoms. The highest BCUT2D eigenvalue weighted by atomic mass is 16.5. The van der Waals surface area contributed by atoms with E-state index in [-0.39, 0.29) is 11.9 Å². The summed E-state index contributed by atoms with van der Waals surface area (Å²) in [7, 11) is 1.61. The minimum Gasteiger partial charge on any atom is -0.497 e. The van der Waals surface area contributed by atoms with Crippen LogP contribution in [-0.2, 0) is 4.79 Å². The van der Waals surface area contributed by atoms with Gasteiger partial charge < -0.3 is 10.1 Å². The van der Waals surface area contributed by atoms with E-state index in [0.717, 1.165) is 11.3 Å². The fourth-order valence-corrected chi connectivity index (χ4v) is 1.62. The number of ether oxygens (including phenoxy) is 1. The van der Waals surface area contributed by atoms with Crippen molar-refractivity contribution in [2.24, 2.45) is 5.41 Å². The van der Waals surface area contributed by atoms with Crippen LogP contribution in [0.3, 0.4) is 0 Å². The first-order chi connectivity index (χ1) is 8.96. The van der Waals surface area contributed by atoms with Crippen LogP contribution in [0.2, 0.25) is 0 Å². The summed E-state index contributed by atoms with van der Waals surface area (Å²) in [6.07, 6.45) is 0.491. The zero-order valence-electron chi connectivity index (χ0n) is 11.9. The Morgan fingerprint density at radius 2 is 2.05 bits per heavy atom. The molecule has 19 heavy (non-hydrogen) atoms. The van der Waals surface area contributed by atoms with Crippen LogP contribution in [0.1, 0.15) is 38.8 Å². The number of nitrogens with zero attached hydrogens (tertiary/aromatic N) is 1. The van der Waals surface area contributed by atoms with Gasteiger partial charge in [-0.2, -0.15) is 5.26 Å². The summed E-state index contributed by atoms with van der Waals surface area (Å²) in [5.41, 5.74) is 0.00586. The van der Waals surface area contributed by atoms with Gasteiger partial charge in [0.25, 0.3) is 0 Å². The number of methoxy groups -OCH3 is 1. The highest BCUT2D eigenvalue weighted by Crippen LogP contribution is 2.23. The number of hydrogen-bond donors (Lipinski definition) is 1. The van der Waals surface area contributed by atoms with E-state index in [1.807, 2.05) is 38.1 Å². The maximum Gasteiger partial charge on any atom is 0.240 e. The van der Waals surface area contributed by atoms with E-state index in [9.17, 15) is 4.79 Å². The first-order valence-corrected chi connectivity index (χ1v) is 6.33. The van der Waals surface area contributed by atoms with Crippen molar-refractivity contribution in [2.45, 2.75) is 33.2 Å². The van der Waals surface area contributed by atoms with Gasteiger partial charge in [-0.15, -0.1) is 0 Å². The first-order valence-electron chi connectivity index (χ1n) is 6.33. The Bertz CT molecular complexity index is 476. The van der Waals surface area contributed by atoms with Crippen molar-refractivity contribution >= 4 is 5.91 Å². The lowest BCUT2D eigenvalue weighted by molar-refractivity contribution is -0.128. The van der Waals surface area contributed by atoms with Gasteiger partial charge in [-0.3, -0.25) is 4.79 Å². The molecule has 0 aliphatic rings. The van der Waals surface area contributed by atoms with Crippen molar-refractivity contribution < 1.29 is 9.53 Å². The Balaban J connectivity index is 2.76.